The van der Waals surface area contributed by atoms with E-state index in [2.05, 4.69) is 19.9 Å². The summed E-state index contributed by atoms with van der Waals surface area (Å²) in [5.41, 5.74) is 0.978. The van der Waals surface area contributed by atoms with Crippen LogP contribution >= 0.6 is 0 Å². The van der Waals surface area contributed by atoms with Gasteiger partial charge in [0.1, 0.15) is 0 Å². The molecule has 0 spiro atoms. The molecule has 2 unspecified atom stereocenters. The molecule has 12 heavy (non-hydrogen) atoms. The Morgan fingerprint density at radius 2 is 2.33 bits per heavy atom. The Bertz CT molecular complexity index is 203. The normalized spacial score (nSPS) is 26.8. The van der Waals surface area contributed by atoms with Crippen molar-refractivity contribution in [2.75, 3.05) is 0 Å². The summed E-state index contributed by atoms with van der Waals surface area (Å²) in [5.74, 6) is 1.72. The summed E-state index contributed by atoms with van der Waals surface area (Å²) in [6.45, 7) is 6.42. The van der Waals surface area contributed by atoms with Gasteiger partial charge in [-0.15, -0.1) is 0 Å². The zero-order chi connectivity index (χ0) is 9.14. The average molecular weight is 166 g/mol. The van der Waals surface area contributed by atoms with Crippen molar-refractivity contribution in [1.29, 1.82) is 0 Å². The summed E-state index contributed by atoms with van der Waals surface area (Å²) in [7, 11) is 0. The summed E-state index contributed by atoms with van der Waals surface area (Å²) >= 11 is 0. The van der Waals surface area contributed by atoms with E-state index < -0.39 is 0 Å². The van der Waals surface area contributed by atoms with Gasteiger partial charge < -0.3 is 0 Å². The molecule has 0 saturated heterocycles. The first kappa shape index (κ1) is 9.50. The van der Waals surface area contributed by atoms with E-state index in [1.54, 1.807) is 0 Å². The van der Waals surface area contributed by atoms with E-state index in [4.69, 9.17) is 0 Å². The van der Waals surface area contributed by atoms with Gasteiger partial charge in [-0.05, 0) is 30.8 Å². The van der Waals surface area contributed by atoms with Crippen LogP contribution in [0.1, 0.15) is 40.0 Å². The maximum Gasteiger partial charge on any atom is 0.158 e. The molecular formula is C11H18O. The fraction of sp³-hybridized carbons (Fsp3) is 0.727. The summed E-state index contributed by atoms with van der Waals surface area (Å²) in [5, 5.41) is 0. The minimum absolute atomic E-state index is 0.342. The Hall–Kier alpha value is -0.590. The molecule has 68 valence electrons. The molecule has 0 bridgehead atoms. The monoisotopic (exact) mass is 166 g/mol. The highest BCUT2D eigenvalue weighted by Crippen LogP contribution is 2.27. The van der Waals surface area contributed by atoms with Crippen molar-refractivity contribution in [1.82, 2.24) is 0 Å². The summed E-state index contributed by atoms with van der Waals surface area (Å²) in [6.07, 6.45) is 5.20. The lowest BCUT2D eigenvalue weighted by Gasteiger charge is -2.23. The van der Waals surface area contributed by atoms with Crippen molar-refractivity contribution in [3.8, 4) is 0 Å². The van der Waals surface area contributed by atoms with E-state index in [1.165, 1.54) is 6.42 Å². The van der Waals surface area contributed by atoms with Gasteiger partial charge in [-0.1, -0.05) is 26.3 Å². The SMILES string of the molecule is CCC(C)C1C=C(C)C(=O)CC1. The second-order valence-corrected chi connectivity index (χ2v) is 3.86. The third-order valence-corrected chi connectivity index (χ3v) is 2.98. The molecular weight excluding hydrogens is 148 g/mol. The predicted molar refractivity (Wildman–Crippen MR) is 50.9 cm³/mol. The van der Waals surface area contributed by atoms with E-state index in [9.17, 15) is 4.79 Å². The molecule has 1 aliphatic rings. The number of carbonyl (C=O) groups is 1. The van der Waals surface area contributed by atoms with E-state index in [0.717, 1.165) is 24.3 Å². The van der Waals surface area contributed by atoms with Crippen molar-refractivity contribution in [2.45, 2.75) is 40.0 Å². The first-order valence-electron chi connectivity index (χ1n) is 4.86. The molecule has 0 saturated carbocycles. The molecule has 1 heteroatoms. The molecule has 0 aromatic carbocycles. The lowest BCUT2D eigenvalue weighted by Crippen LogP contribution is -2.17. The Morgan fingerprint density at radius 1 is 1.67 bits per heavy atom. The van der Waals surface area contributed by atoms with Crippen LogP contribution in [0.25, 0.3) is 0 Å². The number of hydrogen-bond acceptors (Lipinski definition) is 1. The molecule has 0 N–H and O–H groups in total. The number of carbonyl (C=O) groups excluding carboxylic acids is 1. The summed E-state index contributed by atoms with van der Waals surface area (Å²) in [6, 6.07) is 0. The van der Waals surface area contributed by atoms with Crippen LogP contribution in [0, 0.1) is 11.8 Å². The van der Waals surface area contributed by atoms with Crippen LogP contribution in [0.3, 0.4) is 0 Å². The molecule has 1 rings (SSSR count). The largest absolute Gasteiger partial charge is 0.295 e. The van der Waals surface area contributed by atoms with Crippen molar-refractivity contribution < 1.29 is 4.79 Å². The van der Waals surface area contributed by atoms with Crippen LogP contribution < -0.4 is 0 Å². The number of Topliss-reactive ketones (excluding diaryl/α,β-unsaturated/α-hetero) is 1. The third kappa shape index (κ3) is 1.96. The van der Waals surface area contributed by atoms with Gasteiger partial charge in [0.2, 0.25) is 0 Å². The minimum Gasteiger partial charge on any atom is -0.295 e. The maximum atomic E-state index is 11.2. The lowest BCUT2D eigenvalue weighted by molar-refractivity contribution is -0.116. The molecule has 1 nitrogen and oxygen atoms in total. The van der Waals surface area contributed by atoms with Gasteiger partial charge in [0.25, 0.3) is 0 Å². The van der Waals surface area contributed by atoms with Gasteiger partial charge in [0.05, 0.1) is 0 Å². The molecule has 1 aliphatic carbocycles. The number of allylic oxidation sites excluding steroid dienone is 2. The van der Waals surface area contributed by atoms with Crippen LogP contribution in [0.5, 0.6) is 0 Å². The van der Waals surface area contributed by atoms with E-state index in [0.29, 0.717) is 11.7 Å². The van der Waals surface area contributed by atoms with Gasteiger partial charge in [-0.25, -0.2) is 0 Å². The zero-order valence-electron chi connectivity index (χ0n) is 8.26. The first-order valence-corrected chi connectivity index (χ1v) is 4.86. The topological polar surface area (TPSA) is 17.1 Å². The van der Waals surface area contributed by atoms with Crippen LogP contribution in [0.15, 0.2) is 11.6 Å². The van der Waals surface area contributed by atoms with Crippen molar-refractivity contribution in [3.05, 3.63) is 11.6 Å². The highest BCUT2D eigenvalue weighted by molar-refractivity contribution is 5.95. The zero-order valence-corrected chi connectivity index (χ0v) is 8.26. The van der Waals surface area contributed by atoms with E-state index in [1.807, 2.05) is 6.92 Å². The molecule has 0 amide bonds. The second-order valence-electron chi connectivity index (χ2n) is 3.86. The van der Waals surface area contributed by atoms with Gasteiger partial charge in [0.15, 0.2) is 5.78 Å². The predicted octanol–water partition coefficient (Wildman–Crippen LogP) is 2.96. The molecule has 0 aromatic rings. The molecule has 0 aliphatic heterocycles. The molecule has 0 fully saturated rings. The van der Waals surface area contributed by atoms with E-state index >= 15 is 0 Å². The molecule has 2 atom stereocenters. The fourth-order valence-electron chi connectivity index (χ4n) is 1.74. The fourth-order valence-corrected chi connectivity index (χ4v) is 1.74. The summed E-state index contributed by atoms with van der Waals surface area (Å²) in [4.78, 5) is 11.2. The van der Waals surface area contributed by atoms with Crippen LogP contribution in [-0.4, -0.2) is 5.78 Å². The Morgan fingerprint density at radius 3 is 2.83 bits per heavy atom. The second kappa shape index (κ2) is 3.88. The third-order valence-electron chi connectivity index (χ3n) is 2.98. The number of hydrogen-bond donors (Lipinski definition) is 0. The molecule has 0 radical (unpaired) electrons. The van der Waals surface area contributed by atoms with Crippen LogP contribution in [0.4, 0.5) is 0 Å². The Balaban J connectivity index is 2.65. The lowest BCUT2D eigenvalue weighted by atomic mass is 9.81. The van der Waals surface area contributed by atoms with Gasteiger partial charge in [-0.2, -0.15) is 0 Å². The highest BCUT2D eigenvalue weighted by Gasteiger charge is 2.20. The first-order chi connectivity index (χ1) is 5.65. The van der Waals surface area contributed by atoms with Crippen molar-refractivity contribution >= 4 is 5.78 Å². The van der Waals surface area contributed by atoms with Gasteiger partial charge >= 0.3 is 0 Å². The van der Waals surface area contributed by atoms with Gasteiger partial charge in [-0.3, -0.25) is 4.79 Å². The van der Waals surface area contributed by atoms with Crippen molar-refractivity contribution in [3.63, 3.8) is 0 Å². The maximum absolute atomic E-state index is 11.2. The Kier molecular flexibility index (Phi) is 3.07. The summed E-state index contributed by atoms with van der Waals surface area (Å²) < 4.78 is 0. The standard InChI is InChI=1S/C11H18O/c1-4-8(2)10-5-6-11(12)9(3)7-10/h7-8,10H,4-6H2,1-3H3. The van der Waals surface area contributed by atoms with Crippen molar-refractivity contribution in [2.24, 2.45) is 11.8 Å². The Labute approximate surface area is 74.9 Å². The average Bonchev–Trinajstić information content (AvgIpc) is 2.08. The number of rotatable bonds is 2. The smallest absolute Gasteiger partial charge is 0.158 e. The number of ketones is 1. The van der Waals surface area contributed by atoms with Crippen LogP contribution in [0.2, 0.25) is 0 Å². The van der Waals surface area contributed by atoms with Gasteiger partial charge in [0, 0.05) is 6.42 Å². The van der Waals surface area contributed by atoms with Crippen LogP contribution in [-0.2, 0) is 4.79 Å². The highest BCUT2D eigenvalue weighted by atomic mass is 16.1. The quantitative estimate of drug-likeness (QED) is 0.616. The minimum atomic E-state index is 0.342. The molecule has 0 heterocycles. The van der Waals surface area contributed by atoms with E-state index in [-0.39, 0.29) is 0 Å². The molecule has 0 aromatic heterocycles.